The van der Waals surface area contributed by atoms with Gasteiger partial charge < -0.3 is 24.3 Å². The molecule has 5 aromatic rings. The molecule has 6 rings (SSSR count). The van der Waals surface area contributed by atoms with Gasteiger partial charge in [-0.15, -0.1) is 0 Å². The number of nitrogens with one attached hydrogen (secondary N) is 1. The number of nitriles is 1. The maximum Gasteiger partial charge on any atom is 0.262 e. The van der Waals surface area contributed by atoms with Gasteiger partial charge in [-0.1, -0.05) is 67.5 Å². The zero-order valence-corrected chi connectivity index (χ0v) is 33.4. The van der Waals surface area contributed by atoms with E-state index in [0.29, 0.717) is 22.6 Å². The summed E-state index contributed by atoms with van der Waals surface area (Å²) in [5.41, 5.74) is 5.03. The van der Waals surface area contributed by atoms with Crippen molar-refractivity contribution in [3.05, 3.63) is 112 Å². The first-order valence-electron chi connectivity index (χ1n) is 18.2. The van der Waals surface area contributed by atoms with Crippen LogP contribution in [0.4, 0.5) is 0 Å². The van der Waals surface area contributed by atoms with Crippen molar-refractivity contribution in [2.45, 2.75) is 43.3 Å². The number of hydrogen-bond acceptors (Lipinski definition) is 11. The first kappa shape index (κ1) is 40.8. The number of carbonyl (C=O) groups excluding carboxylic acids is 4. The molecule has 0 saturated heterocycles. The Balaban J connectivity index is 1.01. The van der Waals surface area contributed by atoms with E-state index in [1.165, 1.54) is 30.9 Å². The van der Waals surface area contributed by atoms with Gasteiger partial charge in [-0.05, 0) is 77.4 Å². The minimum atomic E-state index is -1.10. The standard InChI is InChI=1S/C43H40ClN5O7S/c1-43(2,30-10-7-26(8-11-30)27-9-14-36-29(20-27)25-47-42(48-36)57-4)31-21-28(24-45)38(35(44)22-31)56-19-17-54-16-18-55-32-12-13-33-34(23-32)41(53)49(40(33)52)37(6-5-15-50)39(51)46-3/h7-15,20-23,25,37H,5-6,16-19H2,1-4H3,(H,46,51). The quantitative estimate of drug-likeness (QED) is 0.0338. The van der Waals surface area contributed by atoms with E-state index in [1.54, 1.807) is 12.1 Å². The summed E-state index contributed by atoms with van der Waals surface area (Å²) < 4.78 is 17.3. The molecular weight excluding hydrogens is 766 g/mol. The van der Waals surface area contributed by atoms with E-state index in [2.05, 4.69) is 71.6 Å². The Morgan fingerprint density at radius 3 is 2.37 bits per heavy atom. The van der Waals surface area contributed by atoms with Crippen LogP contribution in [0.2, 0.25) is 5.02 Å². The van der Waals surface area contributed by atoms with Crippen LogP contribution in [0.3, 0.4) is 0 Å². The molecule has 1 N–H and O–H groups in total. The van der Waals surface area contributed by atoms with E-state index in [1.807, 2.05) is 24.6 Å². The van der Waals surface area contributed by atoms with Crippen LogP contribution < -0.4 is 14.8 Å². The second-order valence-corrected chi connectivity index (χ2v) is 14.8. The molecule has 1 unspecified atom stereocenters. The third kappa shape index (κ3) is 8.78. The number of likely N-dealkylation sites (N-methyl/N-ethyl adjacent to an activating group) is 1. The number of aldehydes is 1. The van der Waals surface area contributed by atoms with E-state index in [4.69, 9.17) is 25.8 Å². The average Bonchev–Trinajstić information content (AvgIpc) is 3.47. The van der Waals surface area contributed by atoms with Crippen LogP contribution in [0, 0.1) is 11.3 Å². The molecule has 4 aromatic carbocycles. The highest BCUT2D eigenvalue weighted by atomic mass is 35.5. The van der Waals surface area contributed by atoms with Gasteiger partial charge in [-0.2, -0.15) is 5.26 Å². The molecule has 0 spiro atoms. The Labute approximate surface area is 339 Å². The predicted octanol–water partition coefficient (Wildman–Crippen LogP) is 7.03. The van der Waals surface area contributed by atoms with Gasteiger partial charge in [0.05, 0.1) is 40.4 Å². The normalized spacial score (nSPS) is 12.9. The minimum Gasteiger partial charge on any atom is -0.491 e. The third-order valence-corrected chi connectivity index (χ3v) is 10.7. The van der Waals surface area contributed by atoms with Crippen LogP contribution in [-0.4, -0.2) is 84.6 Å². The summed E-state index contributed by atoms with van der Waals surface area (Å²) in [7, 11) is 1.40. The lowest BCUT2D eigenvalue weighted by Gasteiger charge is -2.27. The van der Waals surface area contributed by atoms with Crippen LogP contribution in [0.25, 0.3) is 22.0 Å². The number of imide groups is 1. The van der Waals surface area contributed by atoms with Crippen molar-refractivity contribution in [2.24, 2.45) is 0 Å². The molecule has 12 nitrogen and oxygen atoms in total. The first-order chi connectivity index (χ1) is 27.5. The van der Waals surface area contributed by atoms with Gasteiger partial charge in [0.15, 0.2) is 10.9 Å². The lowest BCUT2D eigenvalue weighted by atomic mass is 9.77. The maximum absolute atomic E-state index is 13.2. The Hall–Kier alpha value is -5.81. The fourth-order valence-corrected chi connectivity index (χ4v) is 7.25. The number of benzene rings is 4. The molecule has 14 heteroatoms. The Bertz CT molecular complexity index is 2380. The highest BCUT2D eigenvalue weighted by molar-refractivity contribution is 7.98. The van der Waals surface area contributed by atoms with Crippen LogP contribution in [0.1, 0.15) is 64.1 Å². The maximum atomic E-state index is 13.2. The molecule has 1 aliphatic heterocycles. The van der Waals surface area contributed by atoms with Crippen LogP contribution >= 0.6 is 23.4 Å². The van der Waals surface area contributed by atoms with E-state index in [0.717, 1.165) is 43.2 Å². The fourth-order valence-electron chi connectivity index (χ4n) is 6.63. The van der Waals surface area contributed by atoms with Crippen molar-refractivity contribution >= 4 is 58.3 Å². The number of aromatic nitrogens is 2. The summed E-state index contributed by atoms with van der Waals surface area (Å²) in [4.78, 5) is 59.4. The van der Waals surface area contributed by atoms with Crippen molar-refractivity contribution in [3.8, 4) is 28.7 Å². The Morgan fingerprint density at radius 1 is 0.947 bits per heavy atom. The fraction of sp³-hybridized carbons (Fsp3) is 0.279. The zero-order valence-electron chi connectivity index (χ0n) is 31.8. The number of hydrogen-bond donors (Lipinski definition) is 1. The van der Waals surface area contributed by atoms with Crippen molar-refractivity contribution in [2.75, 3.05) is 39.7 Å². The number of carbonyl (C=O) groups is 4. The lowest BCUT2D eigenvalue weighted by molar-refractivity contribution is -0.124. The third-order valence-electron chi connectivity index (χ3n) is 9.84. The van der Waals surface area contributed by atoms with Crippen molar-refractivity contribution in [1.82, 2.24) is 20.2 Å². The molecule has 57 heavy (non-hydrogen) atoms. The van der Waals surface area contributed by atoms with Gasteiger partial charge in [0.2, 0.25) is 5.91 Å². The molecule has 0 saturated carbocycles. The van der Waals surface area contributed by atoms with E-state index in [-0.39, 0.29) is 56.1 Å². The summed E-state index contributed by atoms with van der Waals surface area (Å²) in [6, 6.07) is 23.7. The van der Waals surface area contributed by atoms with Gasteiger partial charge in [0.25, 0.3) is 11.8 Å². The van der Waals surface area contributed by atoms with E-state index >= 15 is 0 Å². The van der Waals surface area contributed by atoms with Gasteiger partial charge in [0.1, 0.15) is 37.4 Å². The number of fused-ring (bicyclic) bond motifs is 2. The number of ether oxygens (including phenoxy) is 3. The molecule has 2 heterocycles. The predicted molar refractivity (Wildman–Crippen MR) is 217 cm³/mol. The van der Waals surface area contributed by atoms with Gasteiger partial charge in [0, 0.05) is 30.5 Å². The van der Waals surface area contributed by atoms with Gasteiger partial charge >= 0.3 is 0 Å². The van der Waals surface area contributed by atoms with Crippen molar-refractivity contribution < 1.29 is 33.4 Å². The smallest absolute Gasteiger partial charge is 0.262 e. The Kier molecular flexibility index (Phi) is 12.9. The number of nitrogens with zero attached hydrogens (tertiary/aromatic N) is 4. The number of halogens is 1. The topological polar surface area (TPSA) is 161 Å². The average molecular weight is 806 g/mol. The molecule has 3 amide bonds. The molecule has 1 aliphatic rings. The van der Waals surface area contributed by atoms with Crippen LogP contribution in [0.15, 0.2) is 84.1 Å². The monoisotopic (exact) mass is 805 g/mol. The SMILES string of the molecule is CNC(=O)C(CCC=O)N1C(=O)c2ccc(OCCOCCOc3c(Cl)cc(C(C)(C)c4ccc(-c5ccc6nc(SC)ncc6c5)cc4)cc3C#N)cc2C1=O. The zero-order chi connectivity index (χ0) is 40.7. The molecule has 0 radical (unpaired) electrons. The summed E-state index contributed by atoms with van der Waals surface area (Å²) in [6.45, 7) is 4.79. The number of rotatable bonds is 17. The molecule has 1 atom stereocenters. The molecular formula is C43H40ClN5O7S. The molecule has 0 aliphatic carbocycles. The summed E-state index contributed by atoms with van der Waals surface area (Å²) in [5, 5.41) is 14.5. The first-order valence-corrected chi connectivity index (χ1v) is 19.8. The van der Waals surface area contributed by atoms with Gasteiger partial charge in [-0.25, -0.2) is 9.97 Å². The highest BCUT2D eigenvalue weighted by Gasteiger charge is 2.42. The molecule has 292 valence electrons. The van der Waals surface area contributed by atoms with E-state index < -0.39 is 29.2 Å². The van der Waals surface area contributed by atoms with Crippen molar-refractivity contribution in [1.29, 1.82) is 5.26 Å². The number of thioether (sulfide) groups is 1. The Morgan fingerprint density at radius 2 is 1.67 bits per heavy atom. The second-order valence-electron chi connectivity index (χ2n) is 13.7. The minimum absolute atomic E-state index is 0.0171. The van der Waals surface area contributed by atoms with Gasteiger partial charge in [-0.3, -0.25) is 19.3 Å². The molecule has 0 fully saturated rings. The van der Waals surface area contributed by atoms with Crippen molar-refractivity contribution in [3.63, 3.8) is 0 Å². The lowest BCUT2D eigenvalue weighted by Crippen LogP contribution is -2.48. The summed E-state index contributed by atoms with van der Waals surface area (Å²) >= 11 is 8.22. The van der Waals surface area contributed by atoms with E-state index in [9.17, 15) is 24.4 Å². The van der Waals surface area contributed by atoms with Crippen LogP contribution in [-0.2, 0) is 19.7 Å². The number of amides is 3. The molecule has 1 aromatic heterocycles. The summed E-state index contributed by atoms with van der Waals surface area (Å²) in [5.74, 6) is -1.15. The second kappa shape index (κ2) is 18.0. The highest BCUT2D eigenvalue weighted by Crippen LogP contribution is 2.39. The largest absolute Gasteiger partial charge is 0.491 e. The molecule has 0 bridgehead atoms. The summed E-state index contributed by atoms with van der Waals surface area (Å²) in [6.07, 6.45) is 4.47. The van der Waals surface area contributed by atoms with Crippen LogP contribution in [0.5, 0.6) is 11.5 Å².